The van der Waals surface area contributed by atoms with Crippen LogP contribution >= 0.6 is 0 Å². The molecule has 7 heteroatoms. The van der Waals surface area contributed by atoms with E-state index in [1.165, 1.54) is 24.3 Å². The highest BCUT2D eigenvalue weighted by atomic mass is 16.6. The number of anilines is 2. The topological polar surface area (TPSA) is 87.5 Å². The van der Waals surface area contributed by atoms with E-state index in [0.29, 0.717) is 12.2 Å². The van der Waals surface area contributed by atoms with Gasteiger partial charge in [0.05, 0.1) is 4.92 Å². The van der Waals surface area contributed by atoms with Crippen molar-refractivity contribution in [3.05, 3.63) is 64.2 Å². The van der Waals surface area contributed by atoms with Gasteiger partial charge in [0, 0.05) is 44.1 Å². The largest absolute Gasteiger partial charge is 0.378 e. The maximum absolute atomic E-state index is 11.8. The van der Waals surface area contributed by atoms with Gasteiger partial charge in [-0.05, 0) is 29.8 Å². The molecular formula is C16H18N4O3. The summed E-state index contributed by atoms with van der Waals surface area (Å²) >= 11 is 0. The summed E-state index contributed by atoms with van der Waals surface area (Å²) in [4.78, 5) is 23.9. The third kappa shape index (κ3) is 4.70. The average molecular weight is 314 g/mol. The zero-order valence-electron chi connectivity index (χ0n) is 12.9. The van der Waals surface area contributed by atoms with Crippen LogP contribution in [0, 0.1) is 10.1 Å². The number of nitro benzene ring substituents is 1. The van der Waals surface area contributed by atoms with Crippen molar-refractivity contribution < 1.29 is 9.72 Å². The summed E-state index contributed by atoms with van der Waals surface area (Å²) in [6, 6.07) is 13.1. The molecule has 0 bridgehead atoms. The Hall–Kier alpha value is -3.09. The minimum atomic E-state index is -0.485. The van der Waals surface area contributed by atoms with Crippen molar-refractivity contribution in [1.82, 2.24) is 5.32 Å². The molecular weight excluding hydrogens is 296 g/mol. The van der Waals surface area contributed by atoms with Crippen LogP contribution < -0.4 is 15.5 Å². The summed E-state index contributed by atoms with van der Waals surface area (Å²) in [7, 11) is 3.93. The summed E-state index contributed by atoms with van der Waals surface area (Å²) < 4.78 is 0. The first kappa shape index (κ1) is 16.3. The molecule has 0 spiro atoms. The quantitative estimate of drug-likeness (QED) is 0.656. The highest BCUT2D eigenvalue weighted by molar-refractivity contribution is 5.89. The number of carbonyl (C=O) groups is 1. The van der Waals surface area contributed by atoms with E-state index >= 15 is 0 Å². The van der Waals surface area contributed by atoms with Gasteiger partial charge in [0.1, 0.15) is 0 Å². The fourth-order valence-corrected chi connectivity index (χ4v) is 1.94. The second-order valence-electron chi connectivity index (χ2n) is 5.17. The van der Waals surface area contributed by atoms with Gasteiger partial charge in [0.2, 0.25) is 0 Å². The first-order chi connectivity index (χ1) is 11.0. The molecule has 0 aliphatic carbocycles. The minimum Gasteiger partial charge on any atom is -0.378 e. The van der Waals surface area contributed by atoms with Crippen LogP contribution in [0.3, 0.4) is 0 Å². The molecule has 23 heavy (non-hydrogen) atoms. The summed E-state index contributed by atoms with van der Waals surface area (Å²) in [5, 5.41) is 15.9. The van der Waals surface area contributed by atoms with Crippen LogP contribution in [-0.4, -0.2) is 25.0 Å². The molecule has 0 atom stereocenters. The lowest BCUT2D eigenvalue weighted by Gasteiger charge is -2.13. The molecule has 0 aliphatic rings. The third-order valence-electron chi connectivity index (χ3n) is 3.24. The van der Waals surface area contributed by atoms with Crippen molar-refractivity contribution in [3.63, 3.8) is 0 Å². The lowest BCUT2D eigenvalue weighted by atomic mass is 10.2. The van der Waals surface area contributed by atoms with Gasteiger partial charge >= 0.3 is 6.03 Å². The van der Waals surface area contributed by atoms with Gasteiger partial charge < -0.3 is 15.5 Å². The van der Waals surface area contributed by atoms with Crippen molar-refractivity contribution in [2.75, 3.05) is 24.3 Å². The van der Waals surface area contributed by atoms with Crippen molar-refractivity contribution in [3.8, 4) is 0 Å². The Kier molecular flexibility index (Phi) is 5.14. The minimum absolute atomic E-state index is 0.0167. The highest BCUT2D eigenvalue weighted by Gasteiger charge is 2.06. The van der Waals surface area contributed by atoms with Crippen LogP contribution in [-0.2, 0) is 6.54 Å². The van der Waals surface area contributed by atoms with Crippen LogP contribution in [0.15, 0.2) is 48.5 Å². The Labute approximate surface area is 134 Å². The van der Waals surface area contributed by atoms with E-state index in [2.05, 4.69) is 10.6 Å². The fraction of sp³-hybridized carbons (Fsp3) is 0.188. The normalized spacial score (nSPS) is 10.0. The van der Waals surface area contributed by atoms with E-state index in [9.17, 15) is 14.9 Å². The summed E-state index contributed by atoms with van der Waals surface area (Å²) in [6.07, 6.45) is 0. The van der Waals surface area contributed by atoms with Gasteiger partial charge in [-0.1, -0.05) is 12.1 Å². The number of nitrogens with one attached hydrogen (secondary N) is 2. The molecule has 120 valence electrons. The Morgan fingerprint density at radius 1 is 1.09 bits per heavy atom. The molecule has 0 saturated carbocycles. The number of rotatable bonds is 5. The maximum Gasteiger partial charge on any atom is 0.319 e. The Morgan fingerprint density at radius 3 is 2.22 bits per heavy atom. The molecule has 0 aromatic heterocycles. The zero-order chi connectivity index (χ0) is 16.8. The van der Waals surface area contributed by atoms with Gasteiger partial charge in [-0.2, -0.15) is 0 Å². The van der Waals surface area contributed by atoms with Crippen LogP contribution in [0.2, 0.25) is 0 Å². The van der Waals surface area contributed by atoms with E-state index in [4.69, 9.17) is 0 Å². The van der Waals surface area contributed by atoms with E-state index in [1.807, 2.05) is 43.3 Å². The molecule has 0 heterocycles. The van der Waals surface area contributed by atoms with Crippen LogP contribution in [0.4, 0.5) is 21.9 Å². The molecule has 2 aromatic carbocycles. The number of urea groups is 1. The number of hydrogen-bond donors (Lipinski definition) is 2. The van der Waals surface area contributed by atoms with E-state index in [0.717, 1.165) is 11.3 Å². The van der Waals surface area contributed by atoms with Crippen LogP contribution in [0.5, 0.6) is 0 Å². The Bertz CT molecular complexity index is 681. The highest BCUT2D eigenvalue weighted by Crippen LogP contribution is 2.15. The van der Waals surface area contributed by atoms with Crippen LogP contribution in [0.1, 0.15) is 5.56 Å². The van der Waals surface area contributed by atoms with Gasteiger partial charge in [-0.3, -0.25) is 10.1 Å². The van der Waals surface area contributed by atoms with Gasteiger partial charge in [0.25, 0.3) is 5.69 Å². The number of nitrogens with zero attached hydrogens (tertiary/aromatic N) is 2. The first-order valence-electron chi connectivity index (χ1n) is 7.01. The number of carbonyl (C=O) groups excluding carboxylic acids is 1. The second kappa shape index (κ2) is 7.26. The van der Waals surface area contributed by atoms with Crippen LogP contribution in [0.25, 0.3) is 0 Å². The molecule has 0 fully saturated rings. The van der Waals surface area contributed by atoms with Gasteiger partial charge in [0.15, 0.2) is 0 Å². The lowest BCUT2D eigenvalue weighted by Crippen LogP contribution is -2.28. The van der Waals surface area contributed by atoms with Crippen molar-refractivity contribution in [1.29, 1.82) is 0 Å². The van der Waals surface area contributed by atoms with E-state index < -0.39 is 4.92 Å². The molecule has 7 nitrogen and oxygen atoms in total. The monoisotopic (exact) mass is 314 g/mol. The maximum atomic E-state index is 11.8. The SMILES string of the molecule is CN(C)c1ccc(CNC(=O)Nc2ccc([N+](=O)[O-])cc2)cc1. The molecule has 2 N–H and O–H groups in total. The number of nitro groups is 1. The molecule has 0 aliphatic heterocycles. The smallest absolute Gasteiger partial charge is 0.319 e. The number of benzene rings is 2. The molecule has 0 saturated heterocycles. The standard InChI is InChI=1S/C16H18N4O3/c1-19(2)14-7-3-12(4-8-14)11-17-16(21)18-13-5-9-15(10-6-13)20(22)23/h3-10H,11H2,1-2H3,(H2,17,18,21). The first-order valence-corrected chi connectivity index (χ1v) is 7.01. The summed E-state index contributed by atoms with van der Waals surface area (Å²) in [5.41, 5.74) is 2.55. The van der Waals surface area contributed by atoms with Crippen molar-refractivity contribution in [2.24, 2.45) is 0 Å². The lowest BCUT2D eigenvalue weighted by molar-refractivity contribution is -0.384. The van der Waals surface area contributed by atoms with E-state index in [-0.39, 0.29) is 11.7 Å². The molecule has 2 aromatic rings. The number of amides is 2. The Balaban J connectivity index is 1.86. The van der Waals surface area contributed by atoms with Gasteiger partial charge in [-0.15, -0.1) is 0 Å². The Morgan fingerprint density at radius 2 is 1.70 bits per heavy atom. The predicted octanol–water partition coefficient (Wildman–Crippen LogP) is 2.98. The summed E-state index contributed by atoms with van der Waals surface area (Å²) in [5.74, 6) is 0. The second-order valence-corrected chi connectivity index (χ2v) is 5.17. The molecule has 0 radical (unpaired) electrons. The molecule has 2 rings (SSSR count). The third-order valence-corrected chi connectivity index (χ3v) is 3.24. The van der Waals surface area contributed by atoms with Crippen molar-refractivity contribution >= 4 is 23.1 Å². The van der Waals surface area contributed by atoms with E-state index in [1.54, 1.807) is 0 Å². The number of non-ortho nitro benzene ring substituents is 1. The average Bonchev–Trinajstić information content (AvgIpc) is 2.54. The number of hydrogen-bond acceptors (Lipinski definition) is 4. The fourth-order valence-electron chi connectivity index (χ4n) is 1.94. The summed E-state index contributed by atoms with van der Waals surface area (Å²) in [6.45, 7) is 0.395. The zero-order valence-corrected chi connectivity index (χ0v) is 12.9. The van der Waals surface area contributed by atoms with Gasteiger partial charge in [-0.25, -0.2) is 4.79 Å². The molecule has 2 amide bonds. The molecule has 0 unspecified atom stereocenters. The predicted molar refractivity (Wildman–Crippen MR) is 89.7 cm³/mol. The van der Waals surface area contributed by atoms with Crippen molar-refractivity contribution in [2.45, 2.75) is 6.54 Å².